The number of rotatable bonds is 4. The highest BCUT2D eigenvalue weighted by Crippen LogP contribution is 2.23. The van der Waals surface area contributed by atoms with E-state index in [9.17, 15) is 0 Å². The number of nitrogens with zero attached hydrogens (tertiary/aromatic N) is 2. The van der Waals surface area contributed by atoms with Gasteiger partial charge in [-0.15, -0.1) is 11.3 Å². The molecule has 1 aromatic rings. The van der Waals surface area contributed by atoms with Gasteiger partial charge >= 0.3 is 0 Å². The van der Waals surface area contributed by atoms with Gasteiger partial charge in [-0.3, -0.25) is 4.90 Å². The van der Waals surface area contributed by atoms with Gasteiger partial charge in [-0.1, -0.05) is 22.4 Å². The maximum absolute atomic E-state index is 4.56. The standard InChI is InChI=1S/C12H19BrN2S/c1-10-9-16-12(14-10)8-15-7-3-2-4-11(15)5-6-13/h9,11H,2-8H2,1H3. The van der Waals surface area contributed by atoms with Gasteiger partial charge in [-0.25, -0.2) is 4.98 Å². The zero-order valence-corrected chi connectivity index (χ0v) is 12.2. The fraction of sp³-hybridized carbons (Fsp3) is 0.750. The molecule has 1 aliphatic rings. The smallest absolute Gasteiger partial charge is 0.107 e. The molecule has 0 aliphatic carbocycles. The second-order valence-electron chi connectivity index (χ2n) is 4.48. The lowest BCUT2D eigenvalue weighted by molar-refractivity contribution is 0.137. The number of aryl methyl sites for hydroxylation is 1. The molecule has 2 heterocycles. The van der Waals surface area contributed by atoms with Crippen LogP contribution in [-0.4, -0.2) is 27.8 Å². The second-order valence-corrected chi connectivity index (χ2v) is 6.22. The van der Waals surface area contributed by atoms with Crippen molar-refractivity contribution in [1.29, 1.82) is 0 Å². The Bertz CT molecular complexity index is 325. The predicted molar refractivity (Wildman–Crippen MR) is 73.3 cm³/mol. The highest BCUT2D eigenvalue weighted by Gasteiger charge is 2.22. The Morgan fingerprint density at radius 3 is 3.12 bits per heavy atom. The fourth-order valence-corrected chi connectivity index (χ4v) is 3.69. The minimum absolute atomic E-state index is 0.761. The predicted octanol–water partition coefficient (Wildman–Crippen LogP) is 3.59. The molecule has 0 N–H and O–H groups in total. The summed E-state index contributed by atoms with van der Waals surface area (Å²) in [7, 11) is 0. The molecule has 16 heavy (non-hydrogen) atoms. The summed E-state index contributed by atoms with van der Waals surface area (Å²) in [5.74, 6) is 0. The van der Waals surface area contributed by atoms with Gasteiger partial charge in [-0.05, 0) is 32.7 Å². The van der Waals surface area contributed by atoms with Crippen molar-refractivity contribution in [1.82, 2.24) is 9.88 Å². The Morgan fingerprint density at radius 1 is 1.56 bits per heavy atom. The molecular weight excluding hydrogens is 284 g/mol. The highest BCUT2D eigenvalue weighted by molar-refractivity contribution is 9.09. The van der Waals surface area contributed by atoms with E-state index in [0.717, 1.165) is 23.6 Å². The molecule has 0 radical (unpaired) electrons. The lowest BCUT2D eigenvalue weighted by Gasteiger charge is -2.34. The van der Waals surface area contributed by atoms with E-state index in [0.29, 0.717) is 0 Å². The molecule has 1 aromatic heterocycles. The minimum atomic E-state index is 0.761. The summed E-state index contributed by atoms with van der Waals surface area (Å²) in [6, 6.07) is 0.761. The number of halogens is 1. The number of aromatic nitrogens is 1. The summed E-state index contributed by atoms with van der Waals surface area (Å²) in [5, 5.41) is 4.54. The van der Waals surface area contributed by atoms with Crippen molar-refractivity contribution in [2.45, 2.75) is 45.2 Å². The molecule has 0 amide bonds. The number of thiazole rings is 1. The van der Waals surface area contributed by atoms with Gasteiger partial charge in [0.1, 0.15) is 5.01 Å². The summed E-state index contributed by atoms with van der Waals surface area (Å²) in [4.78, 5) is 7.18. The second kappa shape index (κ2) is 6.12. The van der Waals surface area contributed by atoms with Crippen LogP contribution in [0.5, 0.6) is 0 Å². The maximum atomic E-state index is 4.56. The summed E-state index contributed by atoms with van der Waals surface area (Å²) in [6.45, 7) is 4.37. The van der Waals surface area contributed by atoms with E-state index >= 15 is 0 Å². The largest absolute Gasteiger partial charge is 0.294 e. The van der Waals surface area contributed by atoms with Gasteiger partial charge in [0.05, 0.1) is 6.54 Å². The zero-order chi connectivity index (χ0) is 11.4. The molecule has 2 nitrogen and oxygen atoms in total. The van der Waals surface area contributed by atoms with Crippen LogP contribution in [-0.2, 0) is 6.54 Å². The van der Waals surface area contributed by atoms with E-state index in [4.69, 9.17) is 0 Å². The average Bonchev–Trinajstić information content (AvgIpc) is 2.67. The monoisotopic (exact) mass is 302 g/mol. The molecule has 1 aliphatic heterocycles. The third-order valence-corrected chi connectivity index (χ3v) is 4.61. The lowest BCUT2D eigenvalue weighted by Crippen LogP contribution is -2.39. The van der Waals surface area contributed by atoms with Crippen LogP contribution in [0.2, 0.25) is 0 Å². The molecule has 1 atom stereocenters. The lowest BCUT2D eigenvalue weighted by atomic mass is 10.0. The number of likely N-dealkylation sites (tertiary alicyclic amines) is 1. The first-order chi connectivity index (χ1) is 7.79. The Balaban J connectivity index is 1.95. The topological polar surface area (TPSA) is 16.1 Å². The Kier molecular flexibility index (Phi) is 4.79. The van der Waals surface area contributed by atoms with E-state index in [2.05, 4.69) is 38.1 Å². The van der Waals surface area contributed by atoms with Crippen molar-refractivity contribution >= 4 is 27.3 Å². The zero-order valence-electron chi connectivity index (χ0n) is 9.79. The van der Waals surface area contributed by atoms with E-state index in [-0.39, 0.29) is 0 Å². The van der Waals surface area contributed by atoms with Gasteiger partial charge in [0.2, 0.25) is 0 Å². The third-order valence-electron chi connectivity index (χ3n) is 3.20. The first-order valence-electron chi connectivity index (χ1n) is 6.00. The van der Waals surface area contributed by atoms with Crippen LogP contribution >= 0.6 is 27.3 Å². The van der Waals surface area contributed by atoms with Crippen molar-refractivity contribution in [2.75, 3.05) is 11.9 Å². The van der Waals surface area contributed by atoms with Gasteiger partial charge < -0.3 is 0 Å². The molecule has 0 aromatic carbocycles. The minimum Gasteiger partial charge on any atom is -0.294 e. The molecule has 2 rings (SSSR count). The maximum Gasteiger partial charge on any atom is 0.107 e. The SMILES string of the molecule is Cc1csc(CN2CCCCC2CCBr)n1. The molecule has 90 valence electrons. The first-order valence-corrected chi connectivity index (χ1v) is 8.00. The normalized spacial score (nSPS) is 22.5. The van der Waals surface area contributed by atoms with Crippen LogP contribution in [0.3, 0.4) is 0 Å². The Hall–Kier alpha value is 0.0700. The molecule has 0 spiro atoms. The van der Waals surface area contributed by atoms with Crippen LogP contribution in [0, 0.1) is 6.92 Å². The van der Waals surface area contributed by atoms with Gasteiger partial charge in [0.25, 0.3) is 0 Å². The highest BCUT2D eigenvalue weighted by atomic mass is 79.9. The van der Waals surface area contributed by atoms with Crippen LogP contribution in [0.15, 0.2) is 5.38 Å². The molecule has 0 saturated carbocycles. The number of hydrogen-bond donors (Lipinski definition) is 0. The molecule has 1 unspecified atom stereocenters. The van der Waals surface area contributed by atoms with Crippen LogP contribution in [0.25, 0.3) is 0 Å². The van der Waals surface area contributed by atoms with E-state index in [1.165, 1.54) is 37.2 Å². The van der Waals surface area contributed by atoms with E-state index in [1.54, 1.807) is 11.3 Å². The van der Waals surface area contributed by atoms with Crippen LogP contribution in [0.1, 0.15) is 36.4 Å². The van der Waals surface area contributed by atoms with E-state index < -0.39 is 0 Å². The fourth-order valence-electron chi connectivity index (χ4n) is 2.37. The average molecular weight is 303 g/mol. The Labute approximate surface area is 110 Å². The van der Waals surface area contributed by atoms with Crippen LogP contribution in [0.4, 0.5) is 0 Å². The van der Waals surface area contributed by atoms with E-state index in [1.807, 2.05) is 0 Å². The number of piperidine rings is 1. The van der Waals surface area contributed by atoms with Gasteiger partial charge in [0, 0.05) is 22.4 Å². The molecular formula is C12H19BrN2S. The Morgan fingerprint density at radius 2 is 2.44 bits per heavy atom. The molecule has 1 fully saturated rings. The quantitative estimate of drug-likeness (QED) is 0.790. The van der Waals surface area contributed by atoms with Crippen molar-refractivity contribution in [3.8, 4) is 0 Å². The van der Waals surface area contributed by atoms with Crippen molar-refractivity contribution in [3.05, 3.63) is 16.1 Å². The van der Waals surface area contributed by atoms with Crippen molar-refractivity contribution < 1.29 is 0 Å². The summed E-state index contributed by atoms with van der Waals surface area (Å²) in [6.07, 6.45) is 5.37. The molecule has 0 bridgehead atoms. The van der Waals surface area contributed by atoms with Gasteiger partial charge in [-0.2, -0.15) is 0 Å². The van der Waals surface area contributed by atoms with Gasteiger partial charge in [0.15, 0.2) is 0 Å². The molecule has 4 heteroatoms. The summed E-state index contributed by atoms with van der Waals surface area (Å²) < 4.78 is 0. The van der Waals surface area contributed by atoms with Crippen molar-refractivity contribution in [2.24, 2.45) is 0 Å². The first kappa shape index (κ1) is 12.5. The summed E-state index contributed by atoms with van der Waals surface area (Å²) >= 11 is 5.36. The summed E-state index contributed by atoms with van der Waals surface area (Å²) in [5.41, 5.74) is 1.16. The van der Waals surface area contributed by atoms with Crippen molar-refractivity contribution in [3.63, 3.8) is 0 Å². The number of alkyl halides is 1. The number of hydrogen-bond acceptors (Lipinski definition) is 3. The molecule has 1 saturated heterocycles. The van der Waals surface area contributed by atoms with Crippen LogP contribution < -0.4 is 0 Å². The third kappa shape index (κ3) is 3.28.